The standard InChI is InChI=1S/C15H21N3O2.C6H12O/c1-10-9-12(18-5-7-20-8-6-18)17-14(11-3-4-11)13(10)15(19)16-2;7-6-4-2-1-3-5-6/h9,11H,3-8H2,1-2H3,(H,16,19);6-7H,1-5H2. The van der Waals surface area contributed by atoms with E-state index < -0.39 is 0 Å². The molecule has 3 fully saturated rings. The Balaban J connectivity index is 0.000000253. The van der Waals surface area contributed by atoms with Crippen molar-refractivity contribution >= 4 is 11.7 Å². The summed E-state index contributed by atoms with van der Waals surface area (Å²) >= 11 is 0. The van der Waals surface area contributed by atoms with E-state index in [4.69, 9.17) is 14.8 Å². The van der Waals surface area contributed by atoms with Gasteiger partial charge in [-0.1, -0.05) is 19.3 Å². The number of aryl methyl sites for hydroxylation is 1. The summed E-state index contributed by atoms with van der Waals surface area (Å²) in [5, 5.41) is 11.6. The van der Waals surface area contributed by atoms with E-state index in [1.54, 1.807) is 7.05 Å². The molecule has 2 saturated carbocycles. The van der Waals surface area contributed by atoms with Gasteiger partial charge in [-0.05, 0) is 44.2 Å². The number of carbonyl (C=O) groups is 1. The Labute approximate surface area is 162 Å². The number of ether oxygens (including phenoxy) is 1. The first-order valence-electron chi connectivity index (χ1n) is 10.3. The van der Waals surface area contributed by atoms with Gasteiger partial charge < -0.3 is 20.1 Å². The highest BCUT2D eigenvalue weighted by Gasteiger charge is 2.31. The van der Waals surface area contributed by atoms with Gasteiger partial charge in [-0.15, -0.1) is 0 Å². The van der Waals surface area contributed by atoms with Gasteiger partial charge >= 0.3 is 0 Å². The van der Waals surface area contributed by atoms with Crippen LogP contribution < -0.4 is 10.2 Å². The van der Waals surface area contributed by atoms with Crippen LogP contribution in [-0.2, 0) is 4.74 Å². The normalized spacial score (nSPS) is 20.6. The second-order valence-corrected chi connectivity index (χ2v) is 7.80. The molecule has 2 N–H and O–H groups in total. The minimum absolute atomic E-state index is 0.0228. The van der Waals surface area contributed by atoms with Crippen LogP contribution in [0.5, 0.6) is 0 Å². The van der Waals surface area contributed by atoms with E-state index in [2.05, 4.69) is 10.2 Å². The van der Waals surface area contributed by atoms with Gasteiger partial charge in [0.25, 0.3) is 5.91 Å². The second kappa shape index (κ2) is 9.51. The quantitative estimate of drug-likeness (QED) is 0.850. The first-order chi connectivity index (χ1) is 13.1. The minimum Gasteiger partial charge on any atom is -0.393 e. The Morgan fingerprint density at radius 2 is 1.85 bits per heavy atom. The van der Waals surface area contributed by atoms with Crippen LogP contribution in [0.2, 0.25) is 0 Å². The van der Waals surface area contributed by atoms with Crippen LogP contribution in [0, 0.1) is 6.92 Å². The van der Waals surface area contributed by atoms with Crippen LogP contribution in [0.1, 0.15) is 72.5 Å². The van der Waals surface area contributed by atoms with Crippen molar-refractivity contribution in [2.24, 2.45) is 0 Å². The van der Waals surface area contributed by atoms with Gasteiger partial charge in [-0.25, -0.2) is 4.98 Å². The van der Waals surface area contributed by atoms with Crippen LogP contribution in [0.15, 0.2) is 6.07 Å². The lowest BCUT2D eigenvalue weighted by molar-refractivity contribution is 0.0960. The zero-order valence-electron chi connectivity index (χ0n) is 16.7. The summed E-state index contributed by atoms with van der Waals surface area (Å²) in [5.41, 5.74) is 2.76. The van der Waals surface area contributed by atoms with Gasteiger partial charge in [0.05, 0.1) is 30.6 Å². The number of nitrogens with zero attached hydrogens (tertiary/aromatic N) is 2. The molecular formula is C21H33N3O3. The van der Waals surface area contributed by atoms with Crippen molar-refractivity contribution in [1.29, 1.82) is 0 Å². The molecule has 1 aromatic heterocycles. The van der Waals surface area contributed by atoms with Crippen molar-refractivity contribution in [2.75, 3.05) is 38.3 Å². The molecule has 2 aliphatic carbocycles. The molecule has 1 aromatic rings. The monoisotopic (exact) mass is 375 g/mol. The number of aliphatic hydroxyl groups excluding tert-OH is 1. The molecule has 1 aliphatic heterocycles. The highest BCUT2D eigenvalue weighted by Crippen LogP contribution is 2.42. The summed E-state index contributed by atoms with van der Waals surface area (Å²) in [5.74, 6) is 1.42. The fourth-order valence-electron chi connectivity index (χ4n) is 3.79. The van der Waals surface area contributed by atoms with Crippen LogP contribution >= 0.6 is 0 Å². The predicted octanol–water partition coefficient (Wildman–Crippen LogP) is 2.78. The largest absolute Gasteiger partial charge is 0.393 e. The zero-order valence-corrected chi connectivity index (χ0v) is 16.7. The van der Waals surface area contributed by atoms with Gasteiger partial charge in [0.15, 0.2) is 0 Å². The van der Waals surface area contributed by atoms with Crippen LogP contribution in [-0.4, -0.2) is 55.5 Å². The summed E-state index contributed by atoms with van der Waals surface area (Å²) in [6.45, 7) is 5.24. The highest BCUT2D eigenvalue weighted by molar-refractivity contribution is 5.97. The Kier molecular flexibility index (Phi) is 7.07. The van der Waals surface area contributed by atoms with E-state index in [1.807, 2.05) is 13.0 Å². The van der Waals surface area contributed by atoms with Gasteiger partial charge in [-0.2, -0.15) is 0 Å². The predicted molar refractivity (Wildman–Crippen MR) is 106 cm³/mol. The van der Waals surface area contributed by atoms with Gasteiger partial charge in [0.2, 0.25) is 0 Å². The van der Waals surface area contributed by atoms with Crippen LogP contribution in [0.25, 0.3) is 0 Å². The number of rotatable bonds is 3. The van der Waals surface area contributed by atoms with E-state index in [1.165, 1.54) is 19.3 Å². The lowest BCUT2D eigenvalue weighted by Crippen LogP contribution is -2.37. The molecule has 1 amide bonds. The topological polar surface area (TPSA) is 74.7 Å². The Bertz CT molecular complexity index is 634. The number of hydrogen-bond acceptors (Lipinski definition) is 5. The van der Waals surface area contributed by atoms with Crippen molar-refractivity contribution in [3.05, 3.63) is 22.9 Å². The molecule has 0 spiro atoms. The van der Waals surface area contributed by atoms with Crippen molar-refractivity contribution in [3.63, 3.8) is 0 Å². The fourth-order valence-corrected chi connectivity index (χ4v) is 3.79. The molecule has 2 heterocycles. The van der Waals surface area contributed by atoms with Gasteiger partial charge in [-0.3, -0.25) is 4.79 Å². The van der Waals surface area contributed by atoms with Crippen molar-refractivity contribution in [2.45, 2.75) is 63.9 Å². The summed E-state index contributed by atoms with van der Waals surface area (Å²) in [6, 6.07) is 2.03. The van der Waals surface area contributed by atoms with Crippen LogP contribution in [0.4, 0.5) is 5.82 Å². The molecule has 0 atom stereocenters. The van der Waals surface area contributed by atoms with E-state index in [9.17, 15) is 4.79 Å². The molecule has 0 aromatic carbocycles. The maximum Gasteiger partial charge on any atom is 0.253 e. The summed E-state index contributed by atoms with van der Waals surface area (Å²) in [6.07, 6.45) is 8.21. The zero-order chi connectivity index (χ0) is 19.2. The Morgan fingerprint density at radius 3 is 2.37 bits per heavy atom. The van der Waals surface area contributed by atoms with E-state index in [0.29, 0.717) is 5.92 Å². The van der Waals surface area contributed by atoms with Gasteiger partial charge in [0.1, 0.15) is 5.82 Å². The van der Waals surface area contributed by atoms with E-state index >= 15 is 0 Å². The third-order valence-corrected chi connectivity index (χ3v) is 5.56. The molecule has 0 radical (unpaired) electrons. The molecule has 27 heavy (non-hydrogen) atoms. The SMILES string of the molecule is CNC(=O)c1c(C)cc(N2CCOCC2)nc1C1CC1.OC1CCCCC1. The van der Waals surface area contributed by atoms with Crippen molar-refractivity contribution in [1.82, 2.24) is 10.3 Å². The molecular weight excluding hydrogens is 342 g/mol. The van der Waals surface area contributed by atoms with Crippen molar-refractivity contribution in [3.8, 4) is 0 Å². The number of anilines is 1. The number of nitrogens with one attached hydrogen (secondary N) is 1. The lowest BCUT2D eigenvalue weighted by Gasteiger charge is -2.29. The average Bonchev–Trinajstić information content (AvgIpc) is 3.54. The van der Waals surface area contributed by atoms with Crippen LogP contribution in [0.3, 0.4) is 0 Å². The van der Waals surface area contributed by atoms with E-state index in [-0.39, 0.29) is 12.0 Å². The molecule has 4 rings (SSSR count). The molecule has 3 aliphatic rings. The average molecular weight is 376 g/mol. The fraction of sp³-hybridized carbons (Fsp3) is 0.714. The number of amides is 1. The number of hydrogen-bond donors (Lipinski definition) is 2. The van der Waals surface area contributed by atoms with Gasteiger partial charge in [0, 0.05) is 26.1 Å². The smallest absolute Gasteiger partial charge is 0.253 e. The maximum atomic E-state index is 12.1. The Morgan fingerprint density at radius 1 is 1.19 bits per heavy atom. The number of aliphatic hydroxyl groups is 1. The highest BCUT2D eigenvalue weighted by atomic mass is 16.5. The maximum absolute atomic E-state index is 12.1. The number of pyridine rings is 1. The number of morpholine rings is 1. The molecule has 150 valence electrons. The Hall–Kier alpha value is -1.66. The number of carbonyl (C=O) groups excluding carboxylic acids is 1. The van der Waals surface area contributed by atoms with E-state index in [0.717, 1.165) is 74.6 Å². The molecule has 6 nitrogen and oxygen atoms in total. The molecule has 0 bridgehead atoms. The third-order valence-electron chi connectivity index (χ3n) is 5.56. The molecule has 0 unspecified atom stereocenters. The molecule has 6 heteroatoms. The summed E-state index contributed by atoms with van der Waals surface area (Å²) < 4.78 is 5.39. The third kappa shape index (κ3) is 5.42. The van der Waals surface area contributed by atoms with Crippen molar-refractivity contribution < 1.29 is 14.6 Å². The number of aromatic nitrogens is 1. The summed E-state index contributed by atoms with van der Waals surface area (Å²) in [7, 11) is 1.67. The summed E-state index contributed by atoms with van der Waals surface area (Å²) in [4.78, 5) is 19.1. The molecule has 1 saturated heterocycles. The minimum atomic E-state index is -0.0228. The first-order valence-corrected chi connectivity index (χ1v) is 10.3. The second-order valence-electron chi connectivity index (χ2n) is 7.80. The lowest BCUT2D eigenvalue weighted by atomic mass is 9.98. The first kappa shape index (κ1) is 20.1.